The fraction of sp³-hybridized carbons (Fsp3) is 0.474. The Hall–Kier alpha value is -2.90. The van der Waals surface area contributed by atoms with Crippen LogP contribution in [0.1, 0.15) is 51.9 Å². The Kier molecular flexibility index (Phi) is 9.57. The number of unbranched alkanes of at least 4 members (excludes halogenated alkanes) is 2. The summed E-state index contributed by atoms with van der Waals surface area (Å²) in [5.41, 5.74) is 3.34. The number of carboxylic acids is 2. The molecule has 148 valence electrons. The van der Waals surface area contributed by atoms with E-state index >= 15 is 0 Å². The molecule has 1 heterocycles. The van der Waals surface area contributed by atoms with E-state index in [9.17, 15) is 19.2 Å². The number of carbonyl (C=O) groups excluding carboxylic acids is 2. The maximum Gasteiger partial charge on any atom is 0.303 e. The molecule has 2 amide bonds. The lowest BCUT2D eigenvalue weighted by molar-refractivity contribution is -0.139. The van der Waals surface area contributed by atoms with Gasteiger partial charge in [-0.1, -0.05) is 38.0 Å². The molecule has 1 aliphatic heterocycles. The number of carboxylic acid groups (broad SMARTS) is 2. The molecule has 1 fully saturated rings. The van der Waals surface area contributed by atoms with Crippen molar-refractivity contribution in [3.05, 3.63) is 30.3 Å². The maximum atomic E-state index is 12.1. The van der Waals surface area contributed by atoms with Gasteiger partial charge in [-0.2, -0.15) is 0 Å². The van der Waals surface area contributed by atoms with Gasteiger partial charge in [0.25, 0.3) is 11.8 Å². The molecule has 1 saturated heterocycles. The fourth-order valence-corrected chi connectivity index (χ4v) is 2.50. The van der Waals surface area contributed by atoms with Crippen molar-refractivity contribution in [1.82, 2.24) is 5.43 Å². The molecule has 1 unspecified atom stereocenters. The zero-order valence-electron chi connectivity index (χ0n) is 15.4. The van der Waals surface area contributed by atoms with Crippen molar-refractivity contribution in [3.8, 4) is 0 Å². The molecule has 1 aliphatic rings. The molecule has 0 bridgehead atoms. The Morgan fingerprint density at radius 2 is 1.56 bits per heavy atom. The summed E-state index contributed by atoms with van der Waals surface area (Å²) < 4.78 is 0. The Morgan fingerprint density at radius 1 is 1.00 bits per heavy atom. The summed E-state index contributed by atoms with van der Waals surface area (Å²) >= 11 is 0. The second-order valence-corrected chi connectivity index (χ2v) is 6.17. The largest absolute Gasteiger partial charge is 0.481 e. The van der Waals surface area contributed by atoms with Gasteiger partial charge in [0.05, 0.1) is 5.69 Å². The second-order valence-electron chi connectivity index (χ2n) is 6.17. The van der Waals surface area contributed by atoms with Gasteiger partial charge < -0.3 is 10.2 Å². The number of para-hydroxylation sites is 1. The van der Waals surface area contributed by atoms with Crippen molar-refractivity contribution >= 4 is 29.4 Å². The number of rotatable bonds is 9. The number of hydrogen-bond donors (Lipinski definition) is 3. The zero-order valence-corrected chi connectivity index (χ0v) is 15.4. The number of nitrogens with one attached hydrogen (secondary N) is 1. The lowest BCUT2D eigenvalue weighted by atomic mass is 10.0. The highest BCUT2D eigenvalue weighted by molar-refractivity contribution is 6.14. The minimum Gasteiger partial charge on any atom is -0.481 e. The molecule has 8 nitrogen and oxygen atoms in total. The lowest BCUT2D eigenvalue weighted by Crippen LogP contribution is -2.35. The van der Waals surface area contributed by atoms with Crippen molar-refractivity contribution in [2.75, 3.05) is 5.01 Å². The lowest BCUT2D eigenvalue weighted by Gasteiger charge is -2.14. The van der Waals surface area contributed by atoms with Crippen LogP contribution < -0.4 is 10.4 Å². The summed E-state index contributed by atoms with van der Waals surface area (Å²) in [5, 5.41) is 17.6. The topological polar surface area (TPSA) is 124 Å². The van der Waals surface area contributed by atoms with Crippen LogP contribution in [0.3, 0.4) is 0 Å². The first-order valence-electron chi connectivity index (χ1n) is 9.00. The summed E-state index contributed by atoms with van der Waals surface area (Å²) in [6.45, 7) is 2.05. The number of hydrogen-bond acceptors (Lipinski definition) is 4. The Bertz CT molecular complexity index is 631. The minimum absolute atomic E-state index is 0.0628. The molecule has 1 aromatic rings. The highest BCUT2D eigenvalue weighted by atomic mass is 16.4. The Morgan fingerprint density at radius 3 is 2.04 bits per heavy atom. The first kappa shape index (κ1) is 22.1. The van der Waals surface area contributed by atoms with E-state index in [2.05, 4.69) is 5.43 Å². The van der Waals surface area contributed by atoms with Gasteiger partial charge in [-0.05, 0) is 31.4 Å². The zero-order chi connectivity index (χ0) is 20.2. The van der Waals surface area contributed by atoms with Gasteiger partial charge in [0, 0.05) is 12.8 Å². The quantitative estimate of drug-likeness (QED) is 0.448. The van der Waals surface area contributed by atoms with Gasteiger partial charge in [-0.25, -0.2) is 5.01 Å². The number of amides is 2. The number of nitrogens with zero attached hydrogens (tertiary/aromatic N) is 1. The van der Waals surface area contributed by atoms with E-state index < -0.39 is 17.9 Å². The first-order chi connectivity index (χ1) is 12.9. The van der Waals surface area contributed by atoms with E-state index in [1.165, 1.54) is 5.01 Å². The molecule has 2 rings (SSSR count). The van der Waals surface area contributed by atoms with Crippen molar-refractivity contribution in [1.29, 1.82) is 0 Å². The molecule has 1 atom stereocenters. The van der Waals surface area contributed by atoms with E-state index in [1.807, 2.05) is 25.1 Å². The van der Waals surface area contributed by atoms with Crippen LogP contribution in [0.2, 0.25) is 0 Å². The number of benzene rings is 1. The predicted molar refractivity (Wildman–Crippen MR) is 98.8 cm³/mol. The third-order valence-electron chi connectivity index (χ3n) is 3.95. The van der Waals surface area contributed by atoms with Gasteiger partial charge in [0.2, 0.25) is 0 Å². The maximum absolute atomic E-state index is 12.1. The minimum atomic E-state index is -0.870. The summed E-state index contributed by atoms with van der Waals surface area (Å²) in [5.74, 6) is -2.59. The molecule has 0 spiro atoms. The molecular weight excluding hydrogens is 352 g/mol. The summed E-state index contributed by atoms with van der Waals surface area (Å²) in [4.78, 5) is 43.6. The van der Waals surface area contributed by atoms with Crippen LogP contribution in [-0.4, -0.2) is 34.0 Å². The number of aliphatic carboxylic acids is 2. The van der Waals surface area contributed by atoms with Crippen LogP contribution in [-0.2, 0) is 19.2 Å². The standard InChI is InChI=1S/C13H16N2O2.C6H10O4/c1-2-3-9-11-12(16)14-15(13(11)17)10-7-5-4-6-8-10;7-5(8)3-1-2-4-6(9)10/h4-8,11H,2-3,9H2,1H3,(H,14,16);1-4H2,(H,7,8)(H,9,10). The summed E-state index contributed by atoms with van der Waals surface area (Å²) in [7, 11) is 0. The average molecular weight is 378 g/mol. The summed E-state index contributed by atoms with van der Waals surface area (Å²) in [6, 6.07) is 9.17. The van der Waals surface area contributed by atoms with Crippen LogP contribution >= 0.6 is 0 Å². The van der Waals surface area contributed by atoms with Gasteiger partial charge >= 0.3 is 11.9 Å². The van der Waals surface area contributed by atoms with E-state index in [4.69, 9.17) is 10.2 Å². The summed E-state index contributed by atoms with van der Waals surface area (Å²) in [6.07, 6.45) is 3.53. The number of anilines is 1. The first-order valence-corrected chi connectivity index (χ1v) is 9.00. The van der Waals surface area contributed by atoms with Crippen molar-refractivity contribution < 1.29 is 29.4 Å². The Balaban J connectivity index is 0.000000314. The SMILES string of the molecule is CCCCC1C(=O)NN(c2ccccc2)C1=O.O=C(O)CCCCC(=O)O. The number of carbonyl (C=O) groups is 4. The average Bonchev–Trinajstić information content (AvgIpc) is 2.92. The molecule has 0 radical (unpaired) electrons. The van der Waals surface area contributed by atoms with Crippen molar-refractivity contribution in [2.45, 2.75) is 51.9 Å². The fourth-order valence-electron chi connectivity index (χ4n) is 2.50. The van der Waals surface area contributed by atoms with Crippen LogP contribution in [0.5, 0.6) is 0 Å². The van der Waals surface area contributed by atoms with Gasteiger partial charge in [-0.15, -0.1) is 0 Å². The monoisotopic (exact) mass is 378 g/mol. The van der Waals surface area contributed by atoms with E-state index in [0.717, 1.165) is 12.8 Å². The molecule has 8 heteroatoms. The molecule has 3 N–H and O–H groups in total. The van der Waals surface area contributed by atoms with Crippen LogP contribution in [0.25, 0.3) is 0 Å². The molecular formula is C19H26N2O6. The third kappa shape index (κ3) is 7.89. The molecule has 1 aromatic carbocycles. The van der Waals surface area contributed by atoms with Gasteiger partial charge in [0.15, 0.2) is 0 Å². The van der Waals surface area contributed by atoms with Crippen molar-refractivity contribution in [2.24, 2.45) is 5.92 Å². The number of hydrazine groups is 1. The van der Waals surface area contributed by atoms with Crippen LogP contribution in [0, 0.1) is 5.92 Å². The molecule has 0 saturated carbocycles. The molecule has 27 heavy (non-hydrogen) atoms. The molecule has 0 aliphatic carbocycles. The molecule has 0 aromatic heterocycles. The predicted octanol–water partition coefficient (Wildman–Crippen LogP) is 2.59. The second kappa shape index (κ2) is 11.7. The highest BCUT2D eigenvalue weighted by Crippen LogP contribution is 2.22. The van der Waals surface area contributed by atoms with Crippen LogP contribution in [0.15, 0.2) is 30.3 Å². The Labute approximate surface area is 158 Å². The van der Waals surface area contributed by atoms with E-state index in [1.54, 1.807) is 12.1 Å². The van der Waals surface area contributed by atoms with Gasteiger partial charge in [0.1, 0.15) is 5.92 Å². The highest BCUT2D eigenvalue weighted by Gasteiger charge is 2.39. The normalized spacial score (nSPS) is 15.7. The third-order valence-corrected chi connectivity index (χ3v) is 3.95. The van der Waals surface area contributed by atoms with E-state index in [-0.39, 0.29) is 24.7 Å². The smallest absolute Gasteiger partial charge is 0.303 e. The van der Waals surface area contributed by atoms with Crippen LogP contribution in [0.4, 0.5) is 5.69 Å². The van der Waals surface area contributed by atoms with Crippen molar-refractivity contribution in [3.63, 3.8) is 0 Å². The van der Waals surface area contributed by atoms with Gasteiger partial charge in [-0.3, -0.25) is 24.6 Å². The van der Waals surface area contributed by atoms with E-state index in [0.29, 0.717) is 24.9 Å².